The summed E-state index contributed by atoms with van der Waals surface area (Å²) in [5, 5.41) is 0. The molecular formula is C14H18N2O. The average Bonchev–Trinajstić information content (AvgIpc) is 2.37. The maximum absolute atomic E-state index is 5.33. The summed E-state index contributed by atoms with van der Waals surface area (Å²) >= 11 is 0. The standard InChI is InChI=1S/C14H18N2O/c1-3-7-17-14-9-13(15-10-16-14)12-6-4-5-11(2)8-12/h1,9-12H,4-8H2,2H3. The van der Waals surface area contributed by atoms with Gasteiger partial charge in [0, 0.05) is 12.0 Å². The van der Waals surface area contributed by atoms with Crippen molar-refractivity contribution in [3.05, 3.63) is 18.1 Å². The van der Waals surface area contributed by atoms with E-state index in [-0.39, 0.29) is 6.61 Å². The van der Waals surface area contributed by atoms with Crippen molar-refractivity contribution in [3.8, 4) is 18.2 Å². The van der Waals surface area contributed by atoms with Crippen molar-refractivity contribution in [3.63, 3.8) is 0 Å². The average molecular weight is 230 g/mol. The van der Waals surface area contributed by atoms with Gasteiger partial charge in [-0.05, 0) is 18.8 Å². The van der Waals surface area contributed by atoms with Gasteiger partial charge in [0.1, 0.15) is 6.33 Å². The normalized spacial score (nSPS) is 24.0. The van der Waals surface area contributed by atoms with Gasteiger partial charge in [-0.1, -0.05) is 25.7 Å². The second-order valence-electron chi connectivity index (χ2n) is 4.74. The number of rotatable bonds is 3. The third-order valence-electron chi connectivity index (χ3n) is 3.32. The Morgan fingerprint density at radius 3 is 3.12 bits per heavy atom. The van der Waals surface area contributed by atoms with Crippen LogP contribution < -0.4 is 4.74 Å². The van der Waals surface area contributed by atoms with E-state index in [1.54, 1.807) is 6.33 Å². The highest BCUT2D eigenvalue weighted by Crippen LogP contribution is 2.35. The van der Waals surface area contributed by atoms with Crippen LogP contribution in [-0.4, -0.2) is 16.6 Å². The Morgan fingerprint density at radius 1 is 1.47 bits per heavy atom. The first kappa shape index (κ1) is 11.9. The summed E-state index contributed by atoms with van der Waals surface area (Å²) in [5.74, 6) is 4.37. The summed E-state index contributed by atoms with van der Waals surface area (Å²) in [6.07, 6.45) is 11.8. The summed E-state index contributed by atoms with van der Waals surface area (Å²) in [6, 6.07) is 1.93. The highest BCUT2D eigenvalue weighted by Gasteiger charge is 2.21. The zero-order valence-corrected chi connectivity index (χ0v) is 10.2. The number of nitrogens with zero attached hydrogens (tertiary/aromatic N) is 2. The number of terminal acetylenes is 1. The van der Waals surface area contributed by atoms with Crippen molar-refractivity contribution in [2.24, 2.45) is 5.92 Å². The monoisotopic (exact) mass is 230 g/mol. The zero-order valence-electron chi connectivity index (χ0n) is 10.2. The molecule has 1 aromatic rings. The van der Waals surface area contributed by atoms with Crippen molar-refractivity contribution >= 4 is 0 Å². The summed E-state index contributed by atoms with van der Waals surface area (Å²) in [4.78, 5) is 8.42. The first-order valence-corrected chi connectivity index (χ1v) is 6.18. The van der Waals surface area contributed by atoms with Crippen LogP contribution in [0.25, 0.3) is 0 Å². The third kappa shape index (κ3) is 3.20. The molecular weight excluding hydrogens is 212 g/mol. The molecule has 0 amide bonds. The molecule has 2 atom stereocenters. The van der Waals surface area contributed by atoms with Gasteiger partial charge in [0.15, 0.2) is 6.61 Å². The molecule has 1 aliphatic rings. The minimum Gasteiger partial charge on any atom is -0.464 e. The van der Waals surface area contributed by atoms with Gasteiger partial charge < -0.3 is 4.74 Å². The molecule has 90 valence electrons. The molecule has 0 bridgehead atoms. The van der Waals surface area contributed by atoms with E-state index in [1.807, 2.05) is 6.07 Å². The summed E-state index contributed by atoms with van der Waals surface area (Å²) in [7, 11) is 0. The van der Waals surface area contributed by atoms with Crippen molar-refractivity contribution in [2.75, 3.05) is 6.61 Å². The molecule has 1 fully saturated rings. The van der Waals surface area contributed by atoms with Crippen molar-refractivity contribution in [1.29, 1.82) is 0 Å². The fourth-order valence-corrected chi connectivity index (χ4v) is 2.47. The first-order chi connectivity index (χ1) is 8.29. The molecule has 3 nitrogen and oxygen atoms in total. The van der Waals surface area contributed by atoms with Crippen LogP contribution in [0.1, 0.15) is 44.2 Å². The molecule has 1 heterocycles. The lowest BCUT2D eigenvalue weighted by Crippen LogP contribution is -2.13. The van der Waals surface area contributed by atoms with Gasteiger partial charge in [-0.3, -0.25) is 0 Å². The summed E-state index contributed by atoms with van der Waals surface area (Å²) in [5.41, 5.74) is 1.10. The van der Waals surface area contributed by atoms with Gasteiger partial charge in [-0.25, -0.2) is 9.97 Å². The fraction of sp³-hybridized carbons (Fsp3) is 0.571. The van der Waals surface area contributed by atoms with Crippen molar-refractivity contribution in [2.45, 2.75) is 38.5 Å². The molecule has 0 spiro atoms. The largest absolute Gasteiger partial charge is 0.464 e. The Labute approximate surface area is 103 Å². The van der Waals surface area contributed by atoms with Crippen LogP contribution in [0.4, 0.5) is 0 Å². The topological polar surface area (TPSA) is 35.0 Å². The molecule has 0 radical (unpaired) electrons. The third-order valence-corrected chi connectivity index (χ3v) is 3.32. The van der Waals surface area contributed by atoms with Crippen LogP contribution in [0.2, 0.25) is 0 Å². The first-order valence-electron chi connectivity index (χ1n) is 6.18. The molecule has 0 N–H and O–H groups in total. The molecule has 3 heteroatoms. The Hall–Kier alpha value is -1.56. The highest BCUT2D eigenvalue weighted by molar-refractivity contribution is 5.18. The zero-order chi connectivity index (χ0) is 12.1. The summed E-state index contributed by atoms with van der Waals surface area (Å²) < 4.78 is 5.33. The van der Waals surface area contributed by atoms with Gasteiger partial charge in [0.05, 0.1) is 5.69 Å². The fourth-order valence-electron chi connectivity index (χ4n) is 2.47. The molecule has 2 unspecified atom stereocenters. The van der Waals surface area contributed by atoms with Crippen molar-refractivity contribution in [1.82, 2.24) is 9.97 Å². The van der Waals surface area contributed by atoms with Gasteiger partial charge in [-0.2, -0.15) is 0 Å². The Balaban J connectivity index is 2.07. The Kier molecular flexibility index (Phi) is 3.98. The van der Waals surface area contributed by atoms with Crippen LogP contribution in [-0.2, 0) is 0 Å². The van der Waals surface area contributed by atoms with Crippen LogP contribution in [0.15, 0.2) is 12.4 Å². The lowest BCUT2D eigenvalue weighted by molar-refractivity contribution is 0.332. The van der Waals surface area contributed by atoms with Gasteiger partial charge in [0.2, 0.25) is 5.88 Å². The van der Waals surface area contributed by atoms with Crippen LogP contribution in [0, 0.1) is 18.3 Å². The molecule has 0 aromatic carbocycles. The molecule has 1 aromatic heterocycles. The summed E-state index contributed by atoms with van der Waals surface area (Å²) in [6.45, 7) is 2.57. The number of hydrogen-bond acceptors (Lipinski definition) is 3. The minimum absolute atomic E-state index is 0.261. The quantitative estimate of drug-likeness (QED) is 0.749. The second-order valence-corrected chi connectivity index (χ2v) is 4.74. The van der Waals surface area contributed by atoms with Crippen LogP contribution in [0.5, 0.6) is 5.88 Å². The van der Waals surface area contributed by atoms with E-state index < -0.39 is 0 Å². The Bertz CT molecular complexity index is 411. The van der Waals surface area contributed by atoms with E-state index in [9.17, 15) is 0 Å². The predicted molar refractivity (Wildman–Crippen MR) is 66.7 cm³/mol. The number of aromatic nitrogens is 2. The maximum Gasteiger partial charge on any atom is 0.217 e. The molecule has 2 rings (SSSR count). The van der Waals surface area contributed by atoms with E-state index in [2.05, 4.69) is 22.8 Å². The second kappa shape index (κ2) is 5.67. The van der Waals surface area contributed by atoms with Crippen molar-refractivity contribution < 1.29 is 4.74 Å². The lowest BCUT2D eigenvalue weighted by Gasteiger charge is -2.26. The SMILES string of the molecule is C#CCOc1cc(C2CCCC(C)C2)ncn1. The van der Waals surface area contributed by atoms with Gasteiger partial charge >= 0.3 is 0 Å². The smallest absolute Gasteiger partial charge is 0.217 e. The van der Waals surface area contributed by atoms with E-state index in [1.165, 1.54) is 25.7 Å². The number of hydrogen-bond donors (Lipinski definition) is 0. The van der Waals surface area contributed by atoms with E-state index in [0.29, 0.717) is 11.8 Å². The predicted octanol–water partition coefficient (Wildman–Crippen LogP) is 2.78. The Morgan fingerprint density at radius 2 is 2.35 bits per heavy atom. The highest BCUT2D eigenvalue weighted by atomic mass is 16.5. The lowest BCUT2D eigenvalue weighted by atomic mass is 9.81. The molecule has 1 aliphatic carbocycles. The van der Waals surface area contributed by atoms with Gasteiger partial charge in [0.25, 0.3) is 0 Å². The molecule has 0 saturated heterocycles. The van der Waals surface area contributed by atoms with Crippen LogP contribution in [0.3, 0.4) is 0 Å². The van der Waals surface area contributed by atoms with E-state index >= 15 is 0 Å². The number of ether oxygens (including phenoxy) is 1. The van der Waals surface area contributed by atoms with Crippen LogP contribution >= 0.6 is 0 Å². The molecule has 1 saturated carbocycles. The van der Waals surface area contributed by atoms with E-state index in [4.69, 9.17) is 11.2 Å². The van der Waals surface area contributed by atoms with E-state index in [0.717, 1.165) is 11.6 Å². The molecule has 17 heavy (non-hydrogen) atoms. The molecule has 0 aliphatic heterocycles. The van der Waals surface area contributed by atoms with Gasteiger partial charge in [-0.15, -0.1) is 6.42 Å². The minimum atomic E-state index is 0.261. The maximum atomic E-state index is 5.33.